The number of benzene rings is 1. The molecule has 1 aromatic carbocycles. The summed E-state index contributed by atoms with van der Waals surface area (Å²) >= 11 is 0. The summed E-state index contributed by atoms with van der Waals surface area (Å²) < 4.78 is 14.0. The molecule has 3 nitrogen and oxygen atoms in total. The molecule has 1 fully saturated rings. The van der Waals surface area contributed by atoms with E-state index in [2.05, 4.69) is 0 Å². The Balaban J connectivity index is 2.29. The molecular formula is C11H11FO3. The maximum atomic E-state index is 14.0. The van der Waals surface area contributed by atoms with Crippen molar-refractivity contribution < 1.29 is 19.4 Å². The molecule has 0 atom stereocenters. The lowest BCUT2D eigenvalue weighted by Crippen LogP contribution is -2.40. The number of carboxylic acid groups (broad SMARTS) is 1. The number of alkyl halides is 1. The van der Waals surface area contributed by atoms with Crippen molar-refractivity contribution in [3.63, 3.8) is 0 Å². The number of carbonyl (C=O) groups is 1. The van der Waals surface area contributed by atoms with Gasteiger partial charge in [0.05, 0.1) is 11.7 Å². The molecule has 1 saturated carbocycles. The van der Waals surface area contributed by atoms with Crippen molar-refractivity contribution in [2.45, 2.75) is 24.6 Å². The van der Waals surface area contributed by atoms with Gasteiger partial charge in [0.2, 0.25) is 0 Å². The van der Waals surface area contributed by atoms with Crippen molar-refractivity contribution in [3.8, 4) is 0 Å². The minimum Gasteiger partial charge on any atom is -0.478 e. The molecule has 2 N–H and O–H groups in total. The summed E-state index contributed by atoms with van der Waals surface area (Å²) in [6.07, 6.45) is -0.505. The molecule has 1 aliphatic rings. The van der Waals surface area contributed by atoms with Crippen LogP contribution in [0, 0.1) is 0 Å². The maximum absolute atomic E-state index is 14.0. The van der Waals surface area contributed by atoms with Gasteiger partial charge >= 0.3 is 5.97 Å². The van der Waals surface area contributed by atoms with Crippen LogP contribution in [-0.4, -0.2) is 22.3 Å². The Morgan fingerprint density at radius 2 is 2.13 bits per heavy atom. The standard InChI is InChI=1S/C11H11FO3/c12-11(5-9(13)6-11)8-3-1-2-7(4-8)10(14)15/h1-4,9,13H,5-6H2,(H,14,15). The summed E-state index contributed by atoms with van der Waals surface area (Å²) in [5.74, 6) is -1.07. The van der Waals surface area contributed by atoms with Crippen LogP contribution in [0.25, 0.3) is 0 Å². The quantitative estimate of drug-likeness (QED) is 0.781. The summed E-state index contributed by atoms with van der Waals surface area (Å²) in [5.41, 5.74) is -1.14. The first-order chi connectivity index (χ1) is 7.01. The number of carboxylic acids is 1. The highest BCUT2D eigenvalue weighted by atomic mass is 19.1. The van der Waals surface area contributed by atoms with E-state index >= 15 is 0 Å². The maximum Gasteiger partial charge on any atom is 0.335 e. The number of rotatable bonds is 2. The van der Waals surface area contributed by atoms with Gasteiger partial charge in [0.25, 0.3) is 0 Å². The SMILES string of the molecule is O=C(O)c1cccc(C2(F)CC(O)C2)c1. The van der Waals surface area contributed by atoms with E-state index in [0.29, 0.717) is 5.56 Å². The van der Waals surface area contributed by atoms with Crippen LogP contribution in [0.5, 0.6) is 0 Å². The third-order valence-corrected chi connectivity index (χ3v) is 2.75. The second-order valence-electron chi connectivity index (χ2n) is 3.91. The Morgan fingerprint density at radius 3 is 2.67 bits per heavy atom. The molecular weight excluding hydrogens is 199 g/mol. The summed E-state index contributed by atoms with van der Waals surface area (Å²) in [4.78, 5) is 10.7. The van der Waals surface area contributed by atoms with Crippen LogP contribution in [0.1, 0.15) is 28.8 Å². The molecule has 2 rings (SSSR count). The Bertz CT molecular complexity index is 397. The first kappa shape index (κ1) is 10.1. The van der Waals surface area contributed by atoms with Gasteiger partial charge < -0.3 is 10.2 Å². The number of aliphatic hydroxyl groups excluding tert-OH is 1. The van der Waals surface area contributed by atoms with Gasteiger partial charge in [0.15, 0.2) is 0 Å². The van der Waals surface area contributed by atoms with Crippen LogP contribution in [0.3, 0.4) is 0 Å². The van der Waals surface area contributed by atoms with Crippen molar-refractivity contribution in [2.24, 2.45) is 0 Å². The third kappa shape index (κ3) is 1.72. The zero-order valence-corrected chi connectivity index (χ0v) is 7.98. The van der Waals surface area contributed by atoms with Crippen LogP contribution in [-0.2, 0) is 5.67 Å². The molecule has 1 aromatic rings. The monoisotopic (exact) mass is 210 g/mol. The molecule has 0 aliphatic heterocycles. The van der Waals surface area contributed by atoms with Gasteiger partial charge in [-0.1, -0.05) is 12.1 Å². The average Bonchev–Trinajstić information content (AvgIpc) is 2.16. The Hall–Kier alpha value is -1.42. The molecule has 0 aromatic heterocycles. The number of halogens is 1. The van der Waals surface area contributed by atoms with E-state index < -0.39 is 17.7 Å². The van der Waals surface area contributed by atoms with Crippen molar-refractivity contribution >= 4 is 5.97 Å². The highest BCUT2D eigenvalue weighted by molar-refractivity contribution is 5.87. The van der Waals surface area contributed by atoms with Crippen molar-refractivity contribution in [1.82, 2.24) is 0 Å². The van der Waals surface area contributed by atoms with E-state index in [1.165, 1.54) is 18.2 Å². The smallest absolute Gasteiger partial charge is 0.335 e. The van der Waals surface area contributed by atoms with Gasteiger partial charge in [-0.2, -0.15) is 0 Å². The van der Waals surface area contributed by atoms with Crippen LogP contribution in [0.4, 0.5) is 4.39 Å². The van der Waals surface area contributed by atoms with Gasteiger partial charge in [-0.15, -0.1) is 0 Å². The Labute approximate surface area is 86.2 Å². The lowest BCUT2D eigenvalue weighted by molar-refractivity contribution is -0.0606. The van der Waals surface area contributed by atoms with Gasteiger partial charge in [0, 0.05) is 12.8 Å². The molecule has 0 bridgehead atoms. The number of hydrogen-bond donors (Lipinski definition) is 2. The molecule has 80 valence electrons. The molecule has 1 aliphatic carbocycles. The fourth-order valence-corrected chi connectivity index (χ4v) is 1.85. The molecule has 0 heterocycles. The van der Waals surface area contributed by atoms with E-state index in [4.69, 9.17) is 10.2 Å². The highest BCUT2D eigenvalue weighted by Crippen LogP contribution is 2.45. The molecule has 4 heteroatoms. The van der Waals surface area contributed by atoms with E-state index in [1.807, 2.05) is 0 Å². The van der Waals surface area contributed by atoms with Crippen LogP contribution in [0.15, 0.2) is 24.3 Å². The zero-order chi connectivity index (χ0) is 11.1. The van der Waals surface area contributed by atoms with Crippen molar-refractivity contribution in [2.75, 3.05) is 0 Å². The summed E-state index contributed by atoms with van der Waals surface area (Å²) in [7, 11) is 0. The predicted molar refractivity (Wildman–Crippen MR) is 51.4 cm³/mol. The molecule has 0 amide bonds. The Morgan fingerprint density at radius 1 is 1.47 bits per heavy atom. The first-order valence-electron chi connectivity index (χ1n) is 4.72. The molecule has 0 spiro atoms. The van der Waals surface area contributed by atoms with Gasteiger partial charge in [-0.05, 0) is 17.7 Å². The molecule has 15 heavy (non-hydrogen) atoms. The second-order valence-corrected chi connectivity index (χ2v) is 3.91. The summed E-state index contributed by atoms with van der Waals surface area (Å²) in [6, 6.07) is 5.82. The van der Waals surface area contributed by atoms with Gasteiger partial charge in [-0.3, -0.25) is 0 Å². The molecule has 0 saturated heterocycles. The van der Waals surface area contributed by atoms with Crippen LogP contribution >= 0.6 is 0 Å². The Kier molecular flexibility index (Phi) is 2.23. The zero-order valence-electron chi connectivity index (χ0n) is 7.98. The molecule has 0 radical (unpaired) electrons. The topological polar surface area (TPSA) is 57.5 Å². The average molecular weight is 210 g/mol. The van der Waals surface area contributed by atoms with Crippen molar-refractivity contribution in [1.29, 1.82) is 0 Å². The number of aromatic carboxylic acids is 1. The largest absolute Gasteiger partial charge is 0.478 e. The number of hydrogen-bond acceptors (Lipinski definition) is 2. The minimum absolute atomic E-state index is 0.0517. The van der Waals surface area contributed by atoms with E-state index in [-0.39, 0.29) is 18.4 Å². The minimum atomic E-state index is -1.55. The van der Waals surface area contributed by atoms with E-state index in [9.17, 15) is 9.18 Å². The highest BCUT2D eigenvalue weighted by Gasteiger charge is 2.45. The van der Waals surface area contributed by atoms with Gasteiger partial charge in [0.1, 0.15) is 5.67 Å². The number of aliphatic hydroxyl groups is 1. The fraction of sp³-hybridized carbons (Fsp3) is 0.364. The summed E-state index contributed by atoms with van der Waals surface area (Å²) in [6.45, 7) is 0. The molecule has 0 unspecified atom stereocenters. The lowest BCUT2D eigenvalue weighted by atomic mass is 9.74. The fourth-order valence-electron chi connectivity index (χ4n) is 1.85. The van der Waals surface area contributed by atoms with Gasteiger partial charge in [-0.25, -0.2) is 9.18 Å². The lowest BCUT2D eigenvalue weighted by Gasteiger charge is -2.38. The summed E-state index contributed by atoms with van der Waals surface area (Å²) in [5, 5.41) is 17.8. The van der Waals surface area contributed by atoms with Crippen molar-refractivity contribution in [3.05, 3.63) is 35.4 Å². The van der Waals surface area contributed by atoms with E-state index in [0.717, 1.165) is 0 Å². The van der Waals surface area contributed by atoms with Crippen LogP contribution in [0.2, 0.25) is 0 Å². The van der Waals surface area contributed by atoms with E-state index in [1.54, 1.807) is 6.07 Å². The normalized spacial score (nSPS) is 29.6. The second kappa shape index (κ2) is 3.31. The predicted octanol–water partition coefficient (Wildman–Crippen LogP) is 1.70. The third-order valence-electron chi connectivity index (χ3n) is 2.75. The first-order valence-corrected chi connectivity index (χ1v) is 4.72. The van der Waals surface area contributed by atoms with Crippen LogP contribution < -0.4 is 0 Å².